The Balaban J connectivity index is -0.00000001000. The van der Waals surface area contributed by atoms with Crippen LogP contribution in [-0.2, 0) is 0 Å². The van der Waals surface area contributed by atoms with E-state index in [2.05, 4.69) is 0 Å². The molecule has 0 radical (unpaired) electrons. The quantitative estimate of drug-likeness (QED) is 0.137. The van der Waals surface area contributed by atoms with Crippen LogP contribution in [0.1, 0.15) is 5.71 Å². The summed E-state index contributed by atoms with van der Waals surface area (Å²) in [6.07, 6.45) is 0. The van der Waals surface area contributed by atoms with Gasteiger partial charge in [0.2, 0.25) is 0 Å². The molecular weight excluding hydrogens is 396 g/mol. The van der Waals surface area contributed by atoms with Gasteiger partial charge in [0.05, 0.1) is 0 Å². The molecule has 12 N–H and O–H groups in total. The maximum Gasteiger partial charge on any atom is 2.00 e. The van der Waals surface area contributed by atoms with Gasteiger partial charge < -0.3 is 64.4 Å². The average molecular weight is 412 g/mol. The molecule has 0 aliphatic carbocycles. The molecule has 18 heavy (non-hydrogen) atoms. The van der Waals surface area contributed by atoms with Gasteiger partial charge in [0, 0.05) is 0 Å². The first-order valence-corrected chi connectivity index (χ1v) is 7.20. The van der Waals surface area contributed by atoms with E-state index in [1.54, 1.807) is 0 Å². The minimum Gasteiger partial charge on any atom is -1.00 e. The summed E-state index contributed by atoms with van der Waals surface area (Å²) in [6, 6.07) is 0. The summed E-state index contributed by atoms with van der Waals surface area (Å²) in [5.41, 5.74) is 0. The molecule has 0 heterocycles. The second-order valence-electron chi connectivity index (χ2n) is 1.07. The fourth-order valence-corrected chi connectivity index (χ4v) is 0. The van der Waals surface area contributed by atoms with Crippen LogP contribution >= 0.6 is 34.4 Å². The minimum atomic E-state index is -2.62. The summed E-state index contributed by atoms with van der Waals surface area (Å²) >= 11 is 0. The van der Waals surface area contributed by atoms with Crippen molar-refractivity contribution in [2.45, 2.75) is 0 Å². The van der Waals surface area contributed by atoms with Gasteiger partial charge in [0.1, 0.15) is 0 Å². The molecule has 0 spiro atoms. The van der Waals surface area contributed by atoms with Crippen LogP contribution in [0.3, 0.4) is 0 Å². The van der Waals surface area contributed by atoms with Gasteiger partial charge in [0.25, 0.3) is 0 Å². The van der Waals surface area contributed by atoms with Crippen molar-refractivity contribution in [1.82, 2.24) is 0 Å². The monoisotopic (exact) mass is 412 g/mol. The first-order valence-electron chi connectivity index (χ1n) is 2.40. The molecule has 0 fully saturated rings. The Labute approximate surface area is 172 Å². The van der Waals surface area contributed by atoms with E-state index in [-0.39, 0.29) is 81.2 Å². The Bertz CT molecular complexity index is 80.1. The van der Waals surface area contributed by atoms with Crippen LogP contribution in [0.4, 0.5) is 0 Å². The average Bonchev–Trinajstić information content (AvgIpc) is 1.76. The fourth-order valence-electron chi connectivity index (χ4n) is 0. The van der Waals surface area contributed by atoms with Gasteiger partial charge in [-0.25, -0.2) is 0 Å². The first-order chi connectivity index (χ1) is 6.93. The van der Waals surface area contributed by atoms with E-state index in [0.29, 0.717) is 0 Å². The SMILES string of the molecule is OP(O)O.OP(O)O.OP(O)O.OP(O)O.[Ca+2].[Ca+2].[H-].[H-].[H-].[H-]. The van der Waals surface area contributed by atoms with E-state index >= 15 is 0 Å². The van der Waals surface area contributed by atoms with Gasteiger partial charge in [-0.05, 0) is 0 Å². The summed E-state index contributed by atoms with van der Waals surface area (Å²) in [4.78, 5) is 86.8. The molecule has 0 saturated heterocycles. The molecule has 0 aromatic carbocycles. The summed E-state index contributed by atoms with van der Waals surface area (Å²) in [5.74, 6) is 0. The van der Waals surface area contributed by atoms with E-state index in [1.807, 2.05) is 0 Å². The van der Waals surface area contributed by atoms with E-state index in [0.717, 1.165) is 0 Å². The van der Waals surface area contributed by atoms with E-state index in [4.69, 9.17) is 58.7 Å². The molecule has 0 rings (SSSR count). The second-order valence-corrected chi connectivity index (χ2v) is 3.22. The summed E-state index contributed by atoms with van der Waals surface area (Å²) in [5, 5.41) is 0. The molecule has 0 aromatic rings. The predicted molar refractivity (Wildman–Crippen MR) is 70.3 cm³/mol. The van der Waals surface area contributed by atoms with Crippen LogP contribution in [0.25, 0.3) is 0 Å². The Hall–Kier alpha value is 3.76. The first kappa shape index (κ1) is 37.8. The second kappa shape index (κ2) is 32.6. The zero-order chi connectivity index (χ0) is 14.3. The molecule has 0 unspecified atom stereocenters. The normalized spacial score (nSPS) is 8.00. The minimum absolute atomic E-state index is 0. The van der Waals surface area contributed by atoms with Crippen LogP contribution in [0, 0.1) is 0 Å². The fraction of sp³-hybridized carbons (Fsp3) is 0. The van der Waals surface area contributed by atoms with Crippen LogP contribution in [0.5, 0.6) is 0 Å². The largest absolute Gasteiger partial charge is 2.00 e. The van der Waals surface area contributed by atoms with Crippen molar-refractivity contribution in [3.05, 3.63) is 0 Å². The van der Waals surface area contributed by atoms with Crippen LogP contribution < -0.4 is 0 Å². The molecular formula is H16Ca2O12P4. The zero-order valence-electron chi connectivity index (χ0n) is 12.6. The maximum atomic E-state index is 7.23. The Morgan fingerprint density at radius 2 is 0.333 bits per heavy atom. The van der Waals surface area contributed by atoms with Gasteiger partial charge >= 0.3 is 110 Å². The molecule has 0 atom stereocenters. The Morgan fingerprint density at radius 3 is 0.333 bits per heavy atom. The van der Waals surface area contributed by atoms with E-state index in [1.165, 1.54) is 0 Å². The molecule has 0 aliphatic rings. The maximum absolute atomic E-state index is 7.23. The van der Waals surface area contributed by atoms with Gasteiger partial charge in [-0.1, -0.05) is 0 Å². The Kier molecular flexibility index (Phi) is 68.5. The number of rotatable bonds is 0. The Morgan fingerprint density at radius 1 is 0.333 bits per heavy atom. The molecule has 0 aliphatic heterocycles. The predicted octanol–water partition coefficient (Wildman–Crippen LogP) is -3.55. The molecule has 0 saturated carbocycles. The standard InChI is InChI=1S/2Ca.4H3O3P.4H/c;;4*1-4(2)3;;;;/h;;4*1-3H;;;;/q2*+2;;;;;4*-1. The van der Waals surface area contributed by atoms with Crippen molar-refractivity contribution in [1.29, 1.82) is 0 Å². The third-order valence-electron chi connectivity index (χ3n) is 0. The molecule has 0 bridgehead atoms. The van der Waals surface area contributed by atoms with Gasteiger partial charge in [-0.3, -0.25) is 0 Å². The van der Waals surface area contributed by atoms with Gasteiger partial charge in [0.15, 0.2) is 0 Å². The topological polar surface area (TPSA) is 243 Å². The summed E-state index contributed by atoms with van der Waals surface area (Å²) in [7, 11) is -10.5. The van der Waals surface area contributed by atoms with Crippen molar-refractivity contribution < 1.29 is 64.4 Å². The molecule has 0 amide bonds. The third-order valence-corrected chi connectivity index (χ3v) is 0. The van der Waals surface area contributed by atoms with Crippen LogP contribution in [0.2, 0.25) is 0 Å². The number of hydrogen-bond donors (Lipinski definition) is 12. The molecule has 112 valence electrons. The molecule has 0 aromatic heterocycles. The van der Waals surface area contributed by atoms with Crippen molar-refractivity contribution in [2.75, 3.05) is 0 Å². The summed E-state index contributed by atoms with van der Waals surface area (Å²) < 4.78 is 0. The molecule has 18 heteroatoms. The van der Waals surface area contributed by atoms with Crippen molar-refractivity contribution in [3.8, 4) is 0 Å². The summed E-state index contributed by atoms with van der Waals surface area (Å²) in [6.45, 7) is 0. The van der Waals surface area contributed by atoms with Crippen molar-refractivity contribution in [3.63, 3.8) is 0 Å². The van der Waals surface area contributed by atoms with Crippen molar-refractivity contribution in [2.24, 2.45) is 0 Å². The third kappa shape index (κ3) is 492. The van der Waals surface area contributed by atoms with Crippen LogP contribution in [-0.4, -0.2) is 134 Å². The zero-order valence-corrected chi connectivity index (χ0v) is 16.6. The molecule has 12 nitrogen and oxygen atoms in total. The van der Waals surface area contributed by atoms with Gasteiger partial charge in [-0.2, -0.15) is 0 Å². The smallest absolute Gasteiger partial charge is 1.00 e. The van der Waals surface area contributed by atoms with Crippen molar-refractivity contribution >= 4 is 110 Å². The van der Waals surface area contributed by atoms with E-state index in [9.17, 15) is 0 Å². The van der Waals surface area contributed by atoms with E-state index < -0.39 is 34.4 Å². The number of hydrogen-bond acceptors (Lipinski definition) is 12. The van der Waals surface area contributed by atoms with Crippen LogP contribution in [0.15, 0.2) is 0 Å². The van der Waals surface area contributed by atoms with Gasteiger partial charge in [-0.15, -0.1) is 0 Å².